The maximum absolute atomic E-state index is 4.71. The van der Waals surface area contributed by atoms with E-state index < -0.39 is 0 Å². The Morgan fingerprint density at radius 3 is 2.52 bits per heavy atom. The normalized spacial score (nSPS) is 16.5. The molecule has 5 nitrogen and oxygen atoms in total. The summed E-state index contributed by atoms with van der Waals surface area (Å²) in [5.74, 6) is 2.98. The molecule has 1 aromatic rings. The Morgan fingerprint density at radius 1 is 1.24 bits per heavy atom. The fourth-order valence-corrected chi connectivity index (χ4v) is 2.76. The number of rotatable bonds is 6. The number of anilines is 2. The van der Waals surface area contributed by atoms with Crippen molar-refractivity contribution in [3.63, 3.8) is 0 Å². The second-order valence-electron chi connectivity index (χ2n) is 5.99. The van der Waals surface area contributed by atoms with Crippen LogP contribution in [0, 0.1) is 0 Å². The van der Waals surface area contributed by atoms with Gasteiger partial charge in [-0.15, -0.1) is 0 Å². The SMILES string of the molecule is CCCNc1cc(N2CCC(N(C)C)CC2)nc(CC)n1. The fourth-order valence-electron chi connectivity index (χ4n) is 2.76. The summed E-state index contributed by atoms with van der Waals surface area (Å²) in [7, 11) is 4.35. The van der Waals surface area contributed by atoms with Gasteiger partial charge in [0.15, 0.2) is 0 Å². The summed E-state index contributed by atoms with van der Waals surface area (Å²) < 4.78 is 0. The van der Waals surface area contributed by atoms with Gasteiger partial charge in [0, 0.05) is 38.2 Å². The number of aryl methyl sites for hydroxylation is 1. The van der Waals surface area contributed by atoms with Gasteiger partial charge in [-0.1, -0.05) is 13.8 Å². The Hall–Kier alpha value is -1.36. The molecule has 0 unspecified atom stereocenters. The van der Waals surface area contributed by atoms with Crippen molar-refractivity contribution in [3.05, 3.63) is 11.9 Å². The Morgan fingerprint density at radius 2 is 1.95 bits per heavy atom. The lowest BCUT2D eigenvalue weighted by Gasteiger charge is -2.36. The number of hydrogen-bond donors (Lipinski definition) is 1. The monoisotopic (exact) mass is 291 g/mol. The van der Waals surface area contributed by atoms with Crippen molar-refractivity contribution in [2.24, 2.45) is 0 Å². The largest absolute Gasteiger partial charge is 0.370 e. The summed E-state index contributed by atoms with van der Waals surface area (Å²) in [4.78, 5) is 14.0. The molecule has 0 spiro atoms. The molecule has 1 aliphatic heterocycles. The number of nitrogens with one attached hydrogen (secondary N) is 1. The van der Waals surface area contributed by atoms with Crippen LogP contribution in [0.5, 0.6) is 0 Å². The summed E-state index contributed by atoms with van der Waals surface area (Å²) >= 11 is 0. The van der Waals surface area contributed by atoms with E-state index in [9.17, 15) is 0 Å². The third-order valence-electron chi connectivity index (χ3n) is 4.15. The van der Waals surface area contributed by atoms with E-state index in [1.807, 2.05) is 0 Å². The topological polar surface area (TPSA) is 44.3 Å². The van der Waals surface area contributed by atoms with E-state index >= 15 is 0 Å². The quantitative estimate of drug-likeness (QED) is 0.872. The molecule has 2 heterocycles. The first-order valence-corrected chi connectivity index (χ1v) is 8.17. The van der Waals surface area contributed by atoms with Crippen LogP contribution in [0.2, 0.25) is 0 Å². The molecule has 0 atom stereocenters. The van der Waals surface area contributed by atoms with Gasteiger partial charge in [0.2, 0.25) is 0 Å². The lowest BCUT2D eigenvalue weighted by atomic mass is 10.0. The first-order chi connectivity index (χ1) is 10.1. The smallest absolute Gasteiger partial charge is 0.134 e. The van der Waals surface area contributed by atoms with Gasteiger partial charge in [-0.2, -0.15) is 0 Å². The van der Waals surface area contributed by atoms with Crippen molar-refractivity contribution in [2.75, 3.05) is 43.9 Å². The number of piperidine rings is 1. The molecule has 0 radical (unpaired) electrons. The van der Waals surface area contributed by atoms with Crippen LogP contribution < -0.4 is 10.2 Å². The molecule has 1 aromatic heterocycles. The highest BCUT2D eigenvalue weighted by Crippen LogP contribution is 2.22. The second-order valence-corrected chi connectivity index (χ2v) is 5.99. The van der Waals surface area contributed by atoms with E-state index in [0.29, 0.717) is 6.04 Å². The molecular formula is C16H29N5. The zero-order valence-electron chi connectivity index (χ0n) is 13.9. The van der Waals surface area contributed by atoms with Gasteiger partial charge < -0.3 is 15.1 Å². The number of nitrogens with zero attached hydrogens (tertiary/aromatic N) is 4. The van der Waals surface area contributed by atoms with E-state index in [1.165, 1.54) is 12.8 Å². The second kappa shape index (κ2) is 7.59. The molecule has 0 saturated carbocycles. The van der Waals surface area contributed by atoms with Gasteiger partial charge in [-0.3, -0.25) is 0 Å². The highest BCUT2D eigenvalue weighted by atomic mass is 15.2. The molecule has 0 bridgehead atoms. The van der Waals surface area contributed by atoms with E-state index in [-0.39, 0.29) is 0 Å². The molecule has 21 heavy (non-hydrogen) atoms. The Labute approximate surface area is 128 Å². The molecule has 118 valence electrons. The number of aromatic nitrogens is 2. The molecule has 1 saturated heterocycles. The maximum atomic E-state index is 4.71. The summed E-state index contributed by atoms with van der Waals surface area (Å²) in [6.45, 7) is 7.40. The first-order valence-electron chi connectivity index (χ1n) is 8.17. The van der Waals surface area contributed by atoms with Gasteiger partial charge in [0.05, 0.1) is 0 Å². The average Bonchev–Trinajstić information content (AvgIpc) is 2.52. The summed E-state index contributed by atoms with van der Waals surface area (Å²) in [6, 6.07) is 2.80. The first kappa shape index (κ1) is 16.0. The Bertz CT molecular complexity index is 438. The summed E-state index contributed by atoms with van der Waals surface area (Å²) in [5, 5.41) is 3.39. The van der Waals surface area contributed by atoms with Crippen LogP contribution in [0.15, 0.2) is 6.07 Å². The minimum atomic E-state index is 0.700. The van der Waals surface area contributed by atoms with Gasteiger partial charge >= 0.3 is 0 Å². The maximum Gasteiger partial charge on any atom is 0.134 e. The van der Waals surface area contributed by atoms with Gasteiger partial charge in [0.25, 0.3) is 0 Å². The van der Waals surface area contributed by atoms with Crippen LogP contribution >= 0.6 is 0 Å². The van der Waals surface area contributed by atoms with E-state index in [1.54, 1.807) is 0 Å². The van der Waals surface area contributed by atoms with Gasteiger partial charge in [0.1, 0.15) is 17.5 Å². The molecule has 0 aromatic carbocycles. The molecular weight excluding hydrogens is 262 g/mol. The lowest BCUT2D eigenvalue weighted by Crippen LogP contribution is -2.42. The minimum Gasteiger partial charge on any atom is -0.370 e. The molecule has 0 amide bonds. The Kier molecular flexibility index (Phi) is 5.79. The molecule has 1 fully saturated rings. The molecule has 0 aliphatic carbocycles. The molecule has 1 aliphatic rings. The van der Waals surface area contributed by atoms with Crippen LogP contribution in [0.4, 0.5) is 11.6 Å². The van der Waals surface area contributed by atoms with Crippen LogP contribution in [0.25, 0.3) is 0 Å². The minimum absolute atomic E-state index is 0.700. The summed E-state index contributed by atoms with van der Waals surface area (Å²) in [5.41, 5.74) is 0. The molecule has 1 N–H and O–H groups in total. The third kappa shape index (κ3) is 4.30. The standard InChI is InChI=1S/C16H29N5/c1-5-9-17-15-12-16(19-14(6-2)18-15)21-10-7-13(8-11-21)20(3)4/h12-13H,5-11H2,1-4H3,(H,17,18,19). The van der Waals surface area contributed by atoms with E-state index in [2.05, 4.69) is 54.1 Å². The highest BCUT2D eigenvalue weighted by molar-refractivity contribution is 5.49. The molecule has 2 rings (SSSR count). The van der Waals surface area contributed by atoms with Crippen LogP contribution in [-0.4, -0.2) is 54.6 Å². The van der Waals surface area contributed by atoms with Crippen molar-refractivity contribution in [3.8, 4) is 0 Å². The lowest BCUT2D eigenvalue weighted by molar-refractivity contribution is 0.249. The Balaban J connectivity index is 2.08. The summed E-state index contributed by atoms with van der Waals surface area (Å²) in [6.07, 6.45) is 4.39. The highest BCUT2D eigenvalue weighted by Gasteiger charge is 2.22. The van der Waals surface area contributed by atoms with Crippen molar-refractivity contribution < 1.29 is 0 Å². The number of hydrogen-bond acceptors (Lipinski definition) is 5. The third-order valence-corrected chi connectivity index (χ3v) is 4.15. The van der Waals surface area contributed by atoms with Crippen LogP contribution in [0.3, 0.4) is 0 Å². The van der Waals surface area contributed by atoms with Crippen molar-refractivity contribution >= 4 is 11.6 Å². The van der Waals surface area contributed by atoms with Crippen molar-refractivity contribution in [1.29, 1.82) is 0 Å². The zero-order chi connectivity index (χ0) is 15.2. The molecule has 5 heteroatoms. The predicted molar refractivity (Wildman–Crippen MR) is 89.1 cm³/mol. The van der Waals surface area contributed by atoms with Gasteiger partial charge in [-0.25, -0.2) is 9.97 Å². The zero-order valence-corrected chi connectivity index (χ0v) is 13.9. The predicted octanol–water partition coefficient (Wildman–Crippen LogP) is 2.39. The van der Waals surface area contributed by atoms with E-state index in [4.69, 9.17) is 4.98 Å². The van der Waals surface area contributed by atoms with Crippen LogP contribution in [-0.2, 0) is 6.42 Å². The van der Waals surface area contributed by atoms with Crippen molar-refractivity contribution in [2.45, 2.75) is 45.6 Å². The van der Waals surface area contributed by atoms with Gasteiger partial charge in [-0.05, 0) is 33.4 Å². The van der Waals surface area contributed by atoms with Crippen LogP contribution in [0.1, 0.15) is 38.9 Å². The van der Waals surface area contributed by atoms with E-state index in [0.717, 1.165) is 49.9 Å². The average molecular weight is 291 g/mol. The van der Waals surface area contributed by atoms with Crippen molar-refractivity contribution in [1.82, 2.24) is 14.9 Å². The fraction of sp³-hybridized carbons (Fsp3) is 0.750.